The van der Waals surface area contributed by atoms with Gasteiger partial charge in [0.1, 0.15) is 10.8 Å². The molecule has 0 fully saturated rings. The minimum absolute atomic E-state index is 0.0646. The van der Waals surface area contributed by atoms with E-state index in [1.807, 2.05) is 0 Å². The Balaban J connectivity index is 2.30. The van der Waals surface area contributed by atoms with Crippen LogP contribution >= 0.6 is 39.1 Å². The van der Waals surface area contributed by atoms with Crippen LogP contribution in [0.5, 0.6) is 0 Å². The SMILES string of the molecule is COC(=O)[C@@H](NC(=O)c1nc(Cl)ccc1Cl)c1ccc(Br)cc1. The second kappa shape index (κ2) is 7.77. The molecule has 1 aromatic carbocycles. The van der Waals surface area contributed by atoms with Crippen molar-refractivity contribution >= 4 is 51.0 Å². The van der Waals surface area contributed by atoms with Gasteiger partial charge in [-0.2, -0.15) is 0 Å². The number of rotatable bonds is 4. The van der Waals surface area contributed by atoms with E-state index in [1.165, 1.54) is 19.2 Å². The number of halogens is 3. The van der Waals surface area contributed by atoms with Crippen LogP contribution in [0.1, 0.15) is 22.1 Å². The fourth-order valence-corrected chi connectivity index (χ4v) is 2.43. The topological polar surface area (TPSA) is 68.3 Å². The third-order valence-electron chi connectivity index (χ3n) is 2.94. The summed E-state index contributed by atoms with van der Waals surface area (Å²) < 4.78 is 5.59. The van der Waals surface area contributed by atoms with Crippen LogP contribution < -0.4 is 5.32 Å². The van der Waals surface area contributed by atoms with Crippen LogP contribution in [0.4, 0.5) is 0 Å². The molecule has 120 valence electrons. The molecule has 0 aliphatic carbocycles. The summed E-state index contributed by atoms with van der Waals surface area (Å²) >= 11 is 15.0. The molecule has 1 heterocycles. The van der Waals surface area contributed by atoms with Crippen LogP contribution in [0.3, 0.4) is 0 Å². The first kappa shape index (κ1) is 17.7. The van der Waals surface area contributed by atoms with Crippen LogP contribution in [0.15, 0.2) is 40.9 Å². The van der Waals surface area contributed by atoms with Gasteiger partial charge < -0.3 is 10.1 Å². The molecular formula is C15H11BrCl2N2O3. The van der Waals surface area contributed by atoms with Crippen molar-refractivity contribution < 1.29 is 14.3 Å². The van der Waals surface area contributed by atoms with Gasteiger partial charge in [0.25, 0.3) is 5.91 Å². The molecule has 1 atom stereocenters. The Morgan fingerprint density at radius 2 is 1.83 bits per heavy atom. The third-order valence-corrected chi connectivity index (χ3v) is 3.99. The molecule has 0 unspecified atom stereocenters. The summed E-state index contributed by atoms with van der Waals surface area (Å²) in [6.45, 7) is 0. The molecule has 0 aliphatic heterocycles. The maximum atomic E-state index is 12.4. The number of carbonyl (C=O) groups excluding carboxylic acids is 2. The van der Waals surface area contributed by atoms with Crippen LogP contribution in [0, 0.1) is 0 Å². The van der Waals surface area contributed by atoms with E-state index >= 15 is 0 Å². The number of carbonyl (C=O) groups is 2. The van der Waals surface area contributed by atoms with E-state index in [0.29, 0.717) is 5.56 Å². The van der Waals surface area contributed by atoms with Gasteiger partial charge in [-0.15, -0.1) is 0 Å². The lowest BCUT2D eigenvalue weighted by Gasteiger charge is -2.17. The normalized spacial score (nSPS) is 11.7. The Kier molecular flexibility index (Phi) is 5.98. The zero-order chi connectivity index (χ0) is 17.0. The first-order valence-electron chi connectivity index (χ1n) is 6.38. The van der Waals surface area contributed by atoms with Crippen molar-refractivity contribution in [1.29, 1.82) is 0 Å². The first-order valence-corrected chi connectivity index (χ1v) is 7.93. The largest absolute Gasteiger partial charge is 0.467 e. The van der Waals surface area contributed by atoms with Crippen molar-refractivity contribution in [3.05, 3.63) is 62.3 Å². The Hall–Kier alpha value is -1.63. The van der Waals surface area contributed by atoms with Gasteiger partial charge in [0.05, 0.1) is 12.1 Å². The zero-order valence-corrected chi connectivity index (χ0v) is 14.9. The number of hydrogen-bond acceptors (Lipinski definition) is 4. The van der Waals surface area contributed by atoms with Crippen LogP contribution in [0.2, 0.25) is 10.2 Å². The number of benzene rings is 1. The standard InChI is InChI=1S/C15H11BrCl2N2O3/c1-23-15(22)12(8-2-4-9(16)5-3-8)20-14(21)13-10(17)6-7-11(18)19-13/h2-7,12H,1H3,(H,20,21)/t12-/m0/s1. The summed E-state index contributed by atoms with van der Waals surface area (Å²) in [5, 5.41) is 2.81. The van der Waals surface area contributed by atoms with E-state index in [-0.39, 0.29) is 15.9 Å². The molecule has 0 saturated carbocycles. The monoisotopic (exact) mass is 416 g/mol. The molecule has 1 amide bonds. The molecule has 0 spiro atoms. The van der Waals surface area contributed by atoms with Crippen LogP contribution in [0.25, 0.3) is 0 Å². The molecule has 0 radical (unpaired) electrons. The fourth-order valence-electron chi connectivity index (χ4n) is 1.83. The molecule has 1 aromatic heterocycles. The number of pyridine rings is 1. The van der Waals surface area contributed by atoms with Crippen LogP contribution in [-0.4, -0.2) is 24.0 Å². The number of hydrogen-bond donors (Lipinski definition) is 1. The Morgan fingerprint density at radius 3 is 2.43 bits per heavy atom. The summed E-state index contributed by atoms with van der Waals surface area (Å²) in [7, 11) is 1.24. The summed E-state index contributed by atoms with van der Waals surface area (Å²) in [6, 6.07) is 8.82. The number of methoxy groups -OCH3 is 1. The van der Waals surface area contributed by atoms with Crippen LogP contribution in [-0.2, 0) is 9.53 Å². The van der Waals surface area contributed by atoms with E-state index in [9.17, 15) is 9.59 Å². The summed E-state index contributed by atoms with van der Waals surface area (Å²) in [5.41, 5.74) is 0.497. The summed E-state index contributed by atoms with van der Waals surface area (Å²) in [4.78, 5) is 28.2. The Labute approximate surface area is 151 Å². The number of amides is 1. The van der Waals surface area contributed by atoms with Gasteiger partial charge in [-0.25, -0.2) is 9.78 Å². The smallest absolute Gasteiger partial charge is 0.333 e. The zero-order valence-electron chi connectivity index (χ0n) is 11.8. The minimum atomic E-state index is -0.988. The van der Waals surface area contributed by atoms with Crippen molar-refractivity contribution in [3.8, 4) is 0 Å². The predicted octanol–water partition coefficient (Wildman–Crippen LogP) is 3.80. The van der Waals surface area contributed by atoms with Gasteiger partial charge in [-0.1, -0.05) is 51.3 Å². The van der Waals surface area contributed by atoms with Gasteiger partial charge >= 0.3 is 5.97 Å². The van der Waals surface area contributed by atoms with Crippen molar-refractivity contribution in [2.24, 2.45) is 0 Å². The van der Waals surface area contributed by atoms with E-state index in [2.05, 4.69) is 26.2 Å². The molecule has 0 bridgehead atoms. The second-order valence-corrected chi connectivity index (χ2v) is 6.16. The highest BCUT2D eigenvalue weighted by atomic mass is 79.9. The fraction of sp³-hybridized carbons (Fsp3) is 0.133. The minimum Gasteiger partial charge on any atom is -0.467 e. The molecule has 2 aromatic rings. The Morgan fingerprint density at radius 1 is 1.17 bits per heavy atom. The Bertz CT molecular complexity index is 738. The van der Waals surface area contributed by atoms with Crippen molar-refractivity contribution in [3.63, 3.8) is 0 Å². The van der Waals surface area contributed by atoms with E-state index in [0.717, 1.165) is 4.47 Å². The molecule has 1 N–H and O–H groups in total. The van der Waals surface area contributed by atoms with Gasteiger partial charge in [0.2, 0.25) is 0 Å². The summed E-state index contributed by atoms with van der Waals surface area (Å²) in [6.07, 6.45) is 0. The quantitative estimate of drug-likeness (QED) is 0.606. The van der Waals surface area contributed by atoms with E-state index < -0.39 is 17.9 Å². The highest BCUT2D eigenvalue weighted by Crippen LogP contribution is 2.21. The lowest BCUT2D eigenvalue weighted by Crippen LogP contribution is -2.35. The van der Waals surface area contributed by atoms with Crippen molar-refractivity contribution in [2.75, 3.05) is 7.11 Å². The van der Waals surface area contributed by atoms with Gasteiger partial charge in [0, 0.05) is 4.47 Å². The van der Waals surface area contributed by atoms with E-state index in [4.69, 9.17) is 27.9 Å². The predicted molar refractivity (Wildman–Crippen MR) is 90.6 cm³/mol. The number of nitrogens with zero attached hydrogens (tertiary/aromatic N) is 1. The van der Waals surface area contributed by atoms with E-state index in [1.54, 1.807) is 24.3 Å². The summed E-state index contributed by atoms with van der Waals surface area (Å²) in [5.74, 6) is -1.24. The number of nitrogens with one attached hydrogen (secondary N) is 1. The lowest BCUT2D eigenvalue weighted by atomic mass is 10.1. The molecule has 5 nitrogen and oxygen atoms in total. The maximum Gasteiger partial charge on any atom is 0.333 e. The average Bonchev–Trinajstić information content (AvgIpc) is 2.55. The highest BCUT2D eigenvalue weighted by molar-refractivity contribution is 9.10. The molecular weight excluding hydrogens is 407 g/mol. The molecule has 0 aliphatic rings. The molecule has 0 saturated heterocycles. The molecule has 2 rings (SSSR count). The number of ether oxygens (including phenoxy) is 1. The average molecular weight is 418 g/mol. The maximum absolute atomic E-state index is 12.4. The number of aromatic nitrogens is 1. The highest BCUT2D eigenvalue weighted by Gasteiger charge is 2.25. The van der Waals surface area contributed by atoms with Crippen molar-refractivity contribution in [2.45, 2.75) is 6.04 Å². The second-order valence-electron chi connectivity index (χ2n) is 4.45. The number of esters is 1. The van der Waals surface area contributed by atoms with Gasteiger partial charge in [-0.3, -0.25) is 4.79 Å². The van der Waals surface area contributed by atoms with Crippen molar-refractivity contribution in [1.82, 2.24) is 10.3 Å². The van der Waals surface area contributed by atoms with Gasteiger partial charge in [-0.05, 0) is 29.8 Å². The van der Waals surface area contributed by atoms with Gasteiger partial charge in [0.15, 0.2) is 6.04 Å². The third kappa shape index (κ3) is 4.43. The first-order chi connectivity index (χ1) is 10.9. The molecule has 8 heteroatoms. The lowest BCUT2D eigenvalue weighted by molar-refractivity contribution is -0.143. The molecule has 23 heavy (non-hydrogen) atoms.